The summed E-state index contributed by atoms with van der Waals surface area (Å²) in [6, 6.07) is 2.68. The number of alkyl halides is 1. The molecule has 0 aliphatic carbocycles. The molecule has 1 aromatic carbocycles. The summed E-state index contributed by atoms with van der Waals surface area (Å²) in [6.07, 6.45) is 1.44. The minimum absolute atomic E-state index is 0.0246. The van der Waals surface area contributed by atoms with Gasteiger partial charge in [0.25, 0.3) is 0 Å². The zero-order valence-corrected chi connectivity index (χ0v) is 18.3. The van der Waals surface area contributed by atoms with Gasteiger partial charge in [0.1, 0.15) is 0 Å². The van der Waals surface area contributed by atoms with Crippen LogP contribution in [0.5, 0.6) is 5.75 Å². The second-order valence-corrected chi connectivity index (χ2v) is 8.36. The molecular weight excluding hydrogens is 452 g/mol. The molecule has 1 aliphatic heterocycles. The fourth-order valence-corrected chi connectivity index (χ4v) is 2.82. The van der Waals surface area contributed by atoms with Crippen LogP contribution in [0.4, 0.5) is 8.78 Å². The summed E-state index contributed by atoms with van der Waals surface area (Å²) in [7, 11) is 0. The number of benzene rings is 1. The SMILES string of the molecule is CC1CC(=O)N(/C=[N+](\[O-])OC(C)(C)C)N=C1c1ccc(OCCCBr)c(F)c1F. The maximum Gasteiger partial charge on any atom is 0.335 e. The van der Waals surface area contributed by atoms with E-state index >= 15 is 0 Å². The highest BCUT2D eigenvalue weighted by Gasteiger charge is 2.34. The standard InChI is InChI=1S/C19H24BrF2N3O4/c1-12-10-15(26)24(11-25(27)29-19(2,3)4)23-18(12)13-6-7-14(17(22)16(13)21)28-9-5-8-20/h6-7,11-12H,5,8-10H2,1-4H3/b25-11+. The third-order valence-corrected chi connectivity index (χ3v) is 4.41. The van der Waals surface area contributed by atoms with Crippen LogP contribution < -0.4 is 4.74 Å². The lowest BCUT2D eigenvalue weighted by Crippen LogP contribution is -2.38. The van der Waals surface area contributed by atoms with Gasteiger partial charge in [-0.05, 0) is 44.2 Å². The quantitative estimate of drug-likeness (QED) is 0.149. The highest BCUT2D eigenvalue weighted by atomic mass is 79.9. The number of nitrogens with zero attached hydrogens (tertiary/aromatic N) is 3. The Morgan fingerprint density at radius 1 is 1.38 bits per heavy atom. The molecule has 2 rings (SSSR count). The van der Waals surface area contributed by atoms with Crippen molar-refractivity contribution in [1.29, 1.82) is 0 Å². The minimum Gasteiger partial charge on any atom is -0.490 e. The summed E-state index contributed by atoms with van der Waals surface area (Å²) in [5, 5.41) is 17.4. The first-order chi connectivity index (χ1) is 13.5. The molecule has 1 heterocycles. The van der Waals surface area contributed by atoms with E-state index in [4.69, 9.17) is 9.57 Å². The van der Waals surface area contributed by atoms with Crippen molar-refractivity contribution in [2.75, 3.05) is 11.9 Å². The predicted molar refractivity (Wildman–Crippen MR) is 108 cm³/mol. The number of carbonyl (C=O) groups excluding carboxylic acids is 1. The third kappa shape index (κ3) is 6.12. The second kappa shape index (κ2) is 9.51. The van der Waals surface area contributed by atoms with E-state index in [0.29, 0.717) is 11.8 Å². The number of carbonyl (C=O) groups is 1. The van der Waals surface area contributed by atoms with E-state index in [0.717, 1.165) is 11.3 Å². The number of amides is 1. The first kappa shape index (κ1) is 23.1. The monoisotopic (exact) mass is 475 g/mol. The number of rotatable bonds is 7. The van der Waals surface area contributed by atoms with Crippen molar-refractivity contribution in [3.8, 4) is 5.75 Å². The Bertz CT molecular complexity index is 824. The second-order valence-electron chi connectivity index (χ2n) is 7.56. The van der Waals surface area contributed by atoms with Gasteiger partial charge in [0.15, 0.2) is 11.6 Å². The Labute approximate surface area is 176 Å². The molecule has 1 unspecified atom stereocenters. The molecule has 10 heteroatoms. The summed E-state index contributed by atoms with van der Waals surface area (Å²) in [4.78, 5) is 17.4. The highest BCUT2D eigenvalue weighted by Crippen LogP contribution is 2.28. The lowest BCUT2D eigenvalue weighted by Gasteiger charge is -2.26. The highest BCUT2D eigenvalue weighted by molar-refractivity contribution is 9.09. The first-order valence-electron chi connectivity index (χ1n) is 9.11. The molecule has 0 fully saturated rings. The molecule has 0 spiro atoms. The fourth-order valence-electron chi connectivity index (χ4n) is 2.59. The van der Waals surface area contributed by atoms with Crippen molar-refractivity contribution >= 4 is 33.9 Å². The fraction of sp³-hybridized carbons (Fsp3) is 0.526. The third-order valence-electron chi connectivity index (χ3n) is 3.84. The molecule has 0 radical (unpaired) electrons. The van der Waals surface area contributed by atoms with Crippen LogP contribution in [0, 0.1) is 22.8 Å². The summed E-state index contributed by atoms with van der Waals surface area (Å²) in [5.41, 5.74) is -0.729. The van der Waals surface area contributed by atoms with Gasteiger partial charge < -0.3 is 14.8 Å². The molecule has 0 aromatic heterocycles. The van der Waals surface area contributed by atoms with Crippen molar-refractivity contribution in [3.05, 3.63) is 34.5 Å². The number of ether oxygens (including phenoxy) is 1. The van der Waals surface area contributed by atoms with E-state index in [1.807, 2.05) is 0 Å². The van der Waals surface area contributed by atoms with Gasteiger partial charge in [-0.3, -0.25) is 0 Å². The number of hydrazone groups is 1. The average Bonchev–Trinajstić information content (AvgIpc) is 2.60. The maximum absolute atomic E-state index is 14.7. The van der Waals surface area contributed by atoms with E-state index in [-0.39, 0.29) is 35.0 Å². The number of halogens is 3. The van der Waals surface area contributed by atoms with Gasteiger partial charge in [-0.25, -0.2) is 9.18 Å². The predicted octanol–water partition coefficient (Wildman–Crippen LogP) is 3.97. The van der Waals surface area contributed by atoms with Crippen LogP contribution in [0.2, 0.25) is 0 Å². The van der Waals surface area contributed by atoms with Gasteiger partial charge in [-0.1, -0.05) is 33.0 Å². The molecule has 29 heavy (non-hydrogen) atoms. The molecule has 1 atom stereocenters. The van der Waals surface area contributed by atoms with Gasteiger partial charge in [0.05, 0.1) is 18.7 Å². The zero-order valence-electron chi connectivity index (χ0n) is 16.7. The van der Waals surface area contributed by atoms with E-state index in [9.17, 15) is 18.8 Å². The smallest absolute Gasteiger partial charge is 0.335 e. The Kier molecular flexibility index (Phi) is 7.56. The van der Waals surface area contributed by atoms with Crippen LogP contribution in [-0.2, 0) is 9.63 Å². The minimum atomic E-state index is -1.12. The van der Waals surface area contributed by atoms with E-state index in [2.05, 4.69) is 21.0 Å². The van der Waals surface area contributed by atoms with Crippen LogP contribution in [0.1, 0.15) is 46.1 Å². The van der Waals surface area contributed by atoms with Crippen molar-refractivity contribution < 1.29 is 28.1 Å². The summed E-state index contributed by atoms with van der Waals surface area (Å²) < 4.78 is 34.3. The summed E-state index contributed by atoms with van der Waals surface area (Å²) in [6.45, 7) is 6.91. The zero-order chi connectivity index (χ0) is 21.8. The molecule has 1 amide bonds. The Balaban J connectivity index is 2.35. The molecule has 160 valence electrons. The van der Waals surface area contributed by atoms with Crippen molar-refractivity contribution in [3.63, 3.8) is 0 Å². The molecule has 1 aliphatic rings. The van der Waals surface area contributed by atoms with Crippen LogP contribution in [0.25, 0.3) is 0 Å². The number of hydrogen-bond donors (Lipinski definition) is 0. The van der Waals surface area contributed by atoms with Crippen LogP contribution in [-0.4, -0.2) is 45.4 Å². The van der Waals surface area contributed by atoms with Crippen LogP contribution in [0.3, 0.4) is 0 Å². The summed E-state index contributed by atoms with van der Waals surface area (Å²) >= 11 is 3.24. The van der Waals surface area contributed by atoms with Gasteiger partial charge >= 0.3 is 12.2 Å². The average molecular weight is 476 g/mol. The lowest BCUT2D eigenvalue weighted by atomic mass is 9.93. The lowest BCUT2D eigenvalue weighted by molar-refractivity contribution is -0.761. The normalized spacial score (nSPS) is 18.0. The maximum atomic E-state index is 14.7. The van der Waals surface area contributed by atoms with Crippen LogP contribution in [0.15, 0.2) is 17.2 Å². The van der Waals surface area contributed by atoms with Gasteiger partial charge in [-0.2, -0.15) is 4.39 Å². The molecule has 0 saturated carbocycles. The molecule has 0 bridgehead atoms. The molecule has 7 nitrogen and oxygen atoms in total. The van der Waals surface area contributed by atoms with E-state index < -0.39 is 29.1 Å². The molecule has 0 saturated heterocycles. The van der Waals surface area contributed by atoms with Crippen molar-refractivity contribution in [2.45, 2.75) is 46.1 Å². The van der Waals surface area contributed by atoms with Crippen molar-refractivity contribution in [2.24, 2.45) is 11.0 Å². The van der Waals surface area contributed by atoms with Gasteiger partial charge in [0, 0.05) is 22.4 Å². The number of hydrogen-bond acceptors (Lipinski definition) is 5. The van der Waals surface area contributed by atoms with Gasteiger partial charge in [0.2, 0.25) is 5.82 Å². The Hall–Kier alpha value is -2.23. The van der Waals surface area contributed by atoms with Crippen molar-refractivity contribution in [1.82, 2.24) is 5.01 Å². The van der Waals surface area contributed by atoms with Gasteiger partial charge in [-0.15, -0.1) is 0 Å². The Morgan fingerprint density at radius 3 is 2.69 bits per heavy atom. The first-order valence-corrected chi connectivity index (χ1v) is 10.2. The largest absolute Gasteiger partial charge is 0.490 e. The van der Waals surface area contributed by atoms with E-state index in [1.54, 1.807) is 27.7 Å². The molecular formula is C19H24BrF2N3O4. The molecule has 1 aromatic rings. The van der Waals surface area contributed by atoms with E-state index in [1.165, 1.54) is 12.1 Å². The topological polar surface area (TPSA) is 77.2 Å². The van der Waals surface area contributed by atoms with Crippen LogP contribution >= 0.6 is 15.9 Å². The summed E-state index contributed by atoms with van der Waals surface area (Å²) in [5.74, 6) is -3.37. The Morgan fingerprint density at radius 2 is 2.07 bits per heavy atom. The molecule has 0 N–H and O–H groups in total.